The molecule has 0 bridgehead atoms. The quantitative estimate of drug-likeness (QED) is 0.169. The zero-order valence-electron chi connectivity index (χ0n) is 43.1. The maximum Gasteiger partial charge on any atom is 0.276 e. The van der Waals surface area contributed by atoms with Gasteiger partial charge in [0.25, 0.3) is 17.4 Å². The van der Waals surface area contributed by atoms with Crippen LogP contribution < -0.4 is 30.9 Å². The fraction of sp³-hybridized carbons (Fsp3) is 0.453. The molecule has 6 aliphatic rings. The summed E-state index contributed by atoms with van der Waals surface area (Å²) < 4.78 is 27.6. The van der Waals surface area contributed by atoms with Crippen LogP contribution in [0.15, 0.2) is 71.9 Å². The number of piperazine rings is 1. The number of hydrogen-bond acceptors (Lipinski definition) is 12. The molecule has 11 rings (SSSR count). The first-order chi connectivity index (χ1) is 34.8. The number of aliphatic hydroxyl groups is 1. The number of piperidine rings is 2. The second-order valence-corrected chi connectivity index (χ2v) is 20.8. The molecule has 9 heterocycles. The smallest absolute Gasteiger partial charge is 0.276 e. The highest BCUT2D eigenvalue weighted by atomic mass is 16.3. The van der Waals surface area contributed by atoms with Gasteiger partial charge in [0, 0.05) is 122 Å². The van der Waals surface area contributed by atoms with E-state index in [1.54, 1.807) is 34.2 Å². The number of aryl methyl sites for hydroxylation is 1. The Balaban J connectivity index is 0.748. The van der Waals surface area contributed by atoms with Crippen molar-refractivity contribution in [1.82, 2.24) is 34.2 Å². The minimum Gasteiger partial charge on any atom is -0.392 e. The second-order valence-electron chi connectivity index (χ2n) is 20.8. The first-order valence-electron chi connectivity index (χ1n) is 26.0. The number of nitrogens with one attached hydrogen (secondary N) is 2. The number of aliphatic hydroxyl groups excluding tert-OH is 1. The van der Waals surface area contributed by atoms with Crippen LogP contribution in [0.3, 0.4) is 0 Å². The summed E-state index contributed by atoms with van der Waals surface area (Å²) in [5, 5.41) is 16.3. The Kier molecular flexibility index (Phi) is 10.5. The van der Waals surface area contributed by atoms with E-state index in [4.69, 9.17) is 4.11 Å². The average molecular weight is 951 g/mol. The Hall–Kier alpha value is -6.85. The van der Waals surface area contributed by atoms with Gasteiger partial charge in [0.15, 0.2) is 0 Å². The molecule has 5 aromatic rings. The summed E-state index contributed by atoms with van der Waals surface area (Å²) in [6, 6.07) is 15.1. The van der Waals surface area contributed by atoms with Crippen LogP contribution >= 0.6 is 0 Å². The normalized spacial score (nSPS) is 24.2. The van der Waals surface area contributed by atoms with Crippen molar-refractivity contribution in [3.8, 4) is 11.1 Å². The summed E-state index contributed by atoms with van der Waals surface area (Å²) in [5.41, 5.74) is 6.91. The number of nitrogens with zero attached hydrogens (tertiary/aromatic N) is 9. The molecule has 0 radical (unpaired) electrons. The summed E-state index contributed by atoms with van der Waals surface area (Å²) in [4.78, 5) is 85.3. The van der Waals surface area contributed by atoms with Gasteiger partial charge in [0.2, 0.25) is 11.8 Å². The molecule has 1 aliphatic carbocycles. The fourth-order valence-corrected chi connectivity index (χ4v) is 12.1. The fourth-order valence-electron chi connectivity index (χ4n) is 12.1. The van der Waals surface area contributed by atoms with Gasteiger partial charge >= 0.3 is 0 Å². The number of carbonyl (C=O) groups is 4. The van der Waals surface area contributed by atoms with E-state index in [2.05, 4.69) is 73.6 Å². The lowest BCUT2D eigenvalue weighted by Crippen LogP contribution is -2.58. The molecule has 70 heavy (non-hydrogen) atoms. The molecule has 17 heteroatoms. The standard InChI is InChI=1S/C53H61N11O6/c1-31-20-36(13-15-60(31)37-6-8-40-34(21-37)29-64(50(40)68)43-9-11-47(66)57-49(43)67)59-16-17-61(32(2)27-59)38-7-10-46(55-26-38)56-42-22-35(28-58(5)51(42)69)39-12-14-54-48(41(39)30-65)63-19-18-62-44(52(63)70)23-33-24-53(3,4)25-45(33)62/h6-8,10,12,14,21-23,26,28,31-32,36,43,65H,9,11,13,15-20,24-25,27,29-30H2,1-5H3,(H,55,56)(H,57,66,67)/t31-,32-,36-,43-/m0/s1/i5D3. The van der Waals surface area contributed by atoms with Crippen LogP contribution in [-0.4, -0.2) is 115 Å². The predicted octanol–water partition coefficient (Wildman–Crippen LogP) is 4.99. The maximum atomic E-state index is 14.1. The van der Waals surface area contributed by atoms with Gasteiger partial charge in [-0.2, -0.15) is 0 Å². The lowest BCUT2D eigenvalue weighted by molar-refractivity contribution is -0.136. The SMILES string of the molecule is [2H]C([2H])([2H])n1cc(-c2ccnc(N3CCn4c(cc5c4CC(C)(C)C5)C3=O)c2CO)cc(Nc2ccc(N3CCN([C@H]4CCN(c5ccc6c(c5)CN([C@H]5CCC(=O)NC5=O)C6=O)[C@@H](C)C4)C[C@@H]3C)cn2)c1=O. The van der Waals surface area contributed by atoms with E-state index in [9.17, 15) is 29.1 Å². The zero-order chi connectivity index (χ0) is 51.2. The van der Waals surface area contributed by atoms with Gasteiger partial charge in [-0.05, 0) is 117 Å². The van der Waals surface area contributed by atoms with Crippen molar-refractivity contribution < 1.29 is 28.4 Å². The molecule has 0 spiro atoms. The Bertz CT molecular complexity index is 3130. The molecule has 4 aromatic heterocycles. The van der Waals surface area contributed by atoms with Crippen LogP contribution in [0, 0.1) is 5.41 Å². The summed E-state index contributed by atoms with van der Waals surface area (Å²) >= 11 is 0. The van der Waals surface area contributed by atoms with E-state index in [0.717, 1.165) is 68.8 Å². The highest BCUT2D eigenvalue weighted by Gasteiger charge is 2.41. The summed E-state index contributed by atoms with van der Waals surface area (Å²) in [6.07, 6.45) is 8.85. The van der Waals surface area contributed by atoms with E-state index < -0.39 is 31.1 Å². The Morgan fingerprint density at radius 3 is 2.43 bits per heavy atom. The van der Waals surface area contributed by atoms with Crippen molar-refractivity contribution in [3.63, 3.8) is 0 Å². The number of aromatic nitrogens is 4. The van der Waals surface area contributed by atoms with Crippen molar-refractivity contribution in [2.75, 3.05) is 52.7 Å². The van der Waals surface area contributed by atoms with Gasteiger partial charge in [-0.3, -0.25) is 39.1 Å². The molecule has 3 saturated heterocycles. The number of benzene rings is 1. The maximum absolute atomic E-state index is 14.1. The third-order valence-electron chi connectivity index (χ3n) is 15.6. The Morgan fingerprint density at radius 1 is 0.843 bits per heavy atom. The van der Waals surface area contributed by atoms with E-state index in [-0.39, 0.29) is 53.1 Å². The van der Waals surface area contributed by atoms with Crippen molar-refractivity contribution in [1.29, 1.82) is 0 Å². The molecular weight excluding hydrogens is 887 g/mol. The van der Waals surface area contributed by atoms with Gasteiger partial charge in [-0.25, -0.2) is 9.97 Å². The van der Waals surface area contributed by atoms with Crippen molar-refractivity contribution >= 4 is 52.3 Å². The first-order valence-corrected chi connectivity index (χ1v) is 24.5. The highest BCUT2D eigenvalue weighted by Crippen LogP contribution is 2.41. The third kappa shape index (κ3) is 8.01. The molecule has 4 atom stereocenters. The number of pyridine rings is 3. The van der Waals surface area contributed by atoms with Crippen LogP contribution in [0.4, 0.5) is 28.7 Å². The van der Waals surface area contributed by atoms with Crippen LogP contribution in [-0.2, 0) is 49.1 Å². The molecule has 0 unspecified atom stereocenters. The Morgan fingerprint density at radius 2 is 1.67 bits per heavy atom. The summed E-state index contributed by atoms with van der Waals surface area (Å²) in [5.74, 6) is -0.477. The molecule has 364 valence electrons. The Labute approximate surface area is 411 Å². The summed E-state index contributed by atoms with van der Waals surface area (Å²) in [7, 11) is 0. The first kappa shape index (κ1) is 42.1. The molecule has 3 fully saturated rings. The molecule has 5 aliphatic heterocycles. The van der Waals surface area contributed by atoms with Gasteiger partial charge in [-0.15, -0.1) is 0 Å². The minimum atomic E-state index is -2.83. The van der Waals surface area contributed by atoms with Gasteiger partial charge in [0.05, 0.1) is 18.5 Å². The van der Waals surface area contributed by atoms with Gasteiger partial charge in [0.1, 0.15) is 29.1 Å². The predicted molar refractivity (Wildman–Crippen MR) is 266 cm³/mol. The molecular formula is C53H61N11O6. The minimum absolute atomic E-state index is 0.0228. The second kappa shape index (κ2) is 17.5. The number of carbonyl (C=O) groups excluding carboxylic acids is 4. The third-order valence-corrected chi connectivity index (χ3v) is 15.6. The largest absolute Gasteiger partial charge is 0.392 e. The van der Waals surface area contributed by atoms with Crippen molar-refractivity contribution in [2.45, 2.75) is 110 Å². The van der Waals surface area contributed by atoms with E-state index in [1.807, 2.05) is 24.3 Å². The molecule has 4 amide bonds. The topological polar surface area (TPSA) is 181 Å². The number of fused-ring (bicyclic) bond motifs is 4. The van der Waals surface area contributed by atoms with Crippen molar-refractivity contribution in [2.24, 2.45) is 12.4 Å². The lowest BCUT2D eigenvalue weighted by atomic mass is 9.90. The molecule has 1 aromatic carbocycles. The van der Waals surface area contributed by atoms with E-state index in [0.29, 0.717) is 70.4 Å². The van der Waals surface area contributed by atoms with Crippen molar-refractivity contribution in [3.05, 3.63) is 111 Å². The highest BCUT2D eigenvalue weighted by molar-refractivity contribution is 6.07. The van der Waals surface area contributed by atoms with Crippen LogP contribution in [0.1, 0.15) is 101 Å². The van der Waals surface area contributed by atoms with E-state index in [1.165, 1.54) is 23.7 Å². The van der Waals surface area contributed by atoms with Crippen LogP contribution in [0.2, 0.25) is 0 Å². The lowest BCUT2D eigenvalue weighted by Gasteiger charge is -2.48. The average Bonchev–Trinajstić information content (AvgIpc) is 3.98. The molecule has 17 nitrogen and oxygen atoms in total. The zero-order valence-corrected chi connectivity index (χ0v) is 40.1. The number of hydrogen-bond donors (Lipinski definition) is 3. The van der Waals surface area contributed by atoms with Crippen LogP contribution in [0.25, 0.3) is 11.1 Å². The number of imide groups is 1. The van der Waals surface area contributed by atoms with Gasteiger partial charge < -0.3 is 34.3 Å². The summed E-state index contributed by atoms with van der Waals surface area (Å²) in [6.45, 7) is 10.2. The molecule has 3 N–H and O–H groups in total. The number of amides is 4. The van der Waals surface area contributed by atoms with Crippen LogP contribution in [0.5, 0.6) is 0 Å². The molecule has 0 saturated carbocycles. The number of rotatable bonds is 9. The van der Waals surface area contributed by atoms with Gasteiger partial charge in [-0.1, -0.05) is 13.8 Å². The monoisotopic (exact) mass is 950 g/mol. The van der Waals surface area contributed by atoms with E-state index >= 15 is 0 Å². The number of anilines is 5.